The Hall–Kier alpha value is -2.34. The Balaban J connectivity index is 1.82. The van der Waals surface area contributed by atoms with Crippen molar-refractivity contribution < 1.29 is 14.7 Å². The van der Waals surface area contributed by atoms with Crippen LogP contribution in [0.4, 0.5) is 5.69 Å². The van der Waals surface area contributed by atoms with Crippen molar-refractivity contribution in [3.63, 3.8) is 0 Å². The van der Waals surface area contributed by atoms with Crippen LogP contribution in [-0.2, 0) is 4.79 Å². The maximum absolute atomic E-state index is 11.8. The number of carboxylic acid groups (broad SMARTS) is 1. The zero-order chi connectivity index (χ0) is 15.1. The van der Waals surface area contributed by atoms with E-state index in [4.69, 9.17) is 5.11 Å². The van der Waals surface area contributed by atoms with Gasteiger partial charge in [0.1, 0.15) is 0 Å². The van der Waals surface area contributed by atoms with Gasteiger partial charge in [0.05, 0.1) is 17.4 Å². The minimum absolute atomic E-state index is 0.0476. The first-order valence-corrected chi connectivity index (χ1v) is 7.30. The van der Waals surface area contributed by atoms with Crippen LogP contribution in [0.25, 0.3) is 0 Å². The number of pyridine rings is 1. The third kappa shape index (κ3) is 4.92. The van der Waals surface area contributed by atoms with Crippen LogP contribution in [0.5, 0.6) is 0 Å². The highest BCUT2D eigenvalue weighted by atomic mass is 32.2. The molecule has 5 nitrogen and oxygen atoms in total. The third-order valence-corrected chi connectivity index (χ3v) is 3.62. The van der Waals surface area contributed by atoms with Gasteiger partial charge in [-0.05, 0) is 18.2 Å². The second kappa shape index (κ2) is 7.44. The van der Waals surface area contributed by atoms with E-state index in [1.807, 2.05) is 30.3 Å². The van der Waals surface area contributed by atoms with Gasteiger partial charge in [-0.3, -0.25) is 9.78 Å². The first-order chi connectivity index (χ1) is 10.1. The van der Waals surface area contributed by atoms with Gasteiger partial charge in [0.25, 0.3) is 0 Å². The van der Waals surface area contributed by atoms with Crippen LogP contribution >= 0.6 is 11.8 Å². The first-order valence-electron chi connectivity index (χ1n) is 6.31. The van der Waals surface area contributed by atoms with Gasteiger partial charge in [-0.25, -0.2) is 4.79 Å². The summed E-state index contributed by atoms with van der Waals surface area (Å²) >= 11 is 1.60. The fourth-order valence-electron chi connectivity index (χ4n) is 1.63. The van der Waals surface area contributed by atoms with Gasteiger partial charge in [-0.1, -0.05) is 18.2 Å². The molecule has 0 aliphatic heterocycles. The summed E-state index contributed by atoms with van der Waals surface area (Å²) < 4.78 is 0. The third-order valence-electron chi connectivity index (χ3n) is 2.61. The van der Waals surface area contributed by atoms with Gasteiger partial charge in [0.2, 0.25) is 5.91 Å². The molecule has 2 N–H and O–H groups in total. The highest BCUT2D eigenvalue weighted by Gasteiger charge is 2.07. The van der Waals surface area contributed by atoms with Crippen molar-refractivity contribution in [1.29, 1.82) is 0 Å². The number of carbonyl (C=O) groups excluding carboxylic acids is 1. The standard InChI is InChI=1S/C15H14N2O3S/c18-14(6-7-21-13-4-2-1-3-5-13)17-12-8-11(15(19)20)9-16-10-12/h1-5,8-10H,6-7H2,(H,17,18)(H,19,20). The Morgan fingerprint density at radius 2 is 1.95 bits per heavy atom. The average Bonchev–Trinajstić information content (AvgIpc) is 2.48. The summed E-state index contributed by atoms with van der Waals surface area (Å²) in [6.07, 6.45) is 3.01. The van der Waals surface area contributed by atoms with Gasteiger partial charge in [0, 0.05) is 23.3 Å². The highest BCUT2D eigenvalue weighted by Crippen LogP contribution is 2.18. The molecule has 2 rings (SSSR count). The van der Waals surface area contributed by atoms with E-state index in [0.717, 1.165) is 4.90 Å². The van der Waals surface area contributed by atoms with Gasteiger partial charge >= 0.3 is 5.97 Å². The number of anilines is 1. The van der Waals surface area contributed by atoms with Gasteiger partial charge in [-0.15, -0.1) is 11.8 Å². The van der Waals surface area contributed by atoms with Gasteiger partial charge in [-0.2, -0.15) is 0 Å². The van der Waals surface area contributed by atoms with Crippen molar-refractivity contribution >= 4 is 29.3 Å². The number of thioether (sulfide) groups is 1. The molecule has 1 heterocycles. The van der Waals surface area contributed by atoms with Crippen molar-refractivity contribution in [3.8, 4) is 0 Å². The second-order valence-corrected chi connectivity index (χ2v) is 5.40. The van der Waals surface area contributed by atoms with E-state index in [1.165, 1.54) is 18.5 Å². The zero-order valence-electron chi connectivity index (χ0n) is 11.2. The van der Waals surface area contributed by atoms with E-state index < -0.39 is 5.97 Å². The molecule has 0 aliphatic rings. The number of benzene rings is 1. The summed E-state index contributed by atoms with van der Waals surface area (Å²) in [5.74, 6) is -0.581. The number of hydrogen-bond acceptors (Lipinski definition) is 4. The van der Waals surface area contributed by atoms with E-state index in [1.54, 1.807) is 11.8 Å². The molecule has 1 aromatic heterocycles. The lowest BCUT2D eigenvalue weighted by Gasteiger charge is -2.05. The topological polar surface area (TPSA) is 79.3 Å². The number of carbonyl (C=O) groups is 2. The minimum Gasteiger partial charge on any atom is -0.478 e. The summed E-state index contributed by atoms with van der Waals surface area (Å²) in [5, 5.41) is 11.5. The zero-order valence-corrected chi connectivity index (χ0v) is 12.0. The van der Waals surface area contributed by atoms with Crippen molar-refractivity contribution in [2.45, 2.75) is 11.3 Å². The molecule has 0 aliphatic carbocycles. The van der Waals surface area contributed by atoms with Crippen LogP contribution in [-0.4, -0.2) is 27.7 Å². The lowest BCUT2D eigenvalue weighted by atomic mass is 10.2. The number of carboxylic acids is 1. The van der Waals surface area contributed by atoms with Crippen molar-refractivity contribution in [2.24, 2.45) is 0 Å². The fourth-order valence-corrected chi connectivity index (χ4v) is 2.50. The Bertz CT molecular complexity index is 632. The van der Waals surface area contributed by atoms with Crippen LogP contribution in [0.2, 0.25) is 0 Å². The monoisotopic (exact) mass is 302 g/mol. The van der Waals surface area contributed by atoms with E-state index in [0.29, 0.717) is 17.9 Å². The number of aromatic nitrogens is 1. The molecule has 0 fully saturated rings. The summed E-state index contributed by atoms with van der Waals surface area (Å²) in [5.41, 5.74) is 0.441. The number of amides is 1. The molecule has 0 saturated carbocycles. The Morgan fingerprint density at radius 1 is 1.19 bits per heavy atom. The highest BCUT2D eigenvalue weighted by molar-refractivity contribution is 7.99. The smallest absolute Gasteiger partial charge is 0.337 e. The molecule has 2 aromatic rings. The maximum atomic E-state index is 11.8. The normalized spacial score (nSPS) is 10.1. The molecule has 0 bridgehead atoms. The molecule has 21 heavy (non-hydrogen) atoms. The number of nitrogens with zero attached hydrogens (tertiary/aromatic N) is 1. The first kappa shape index (κ1) is 15.1. The number of hydrogen-bond donors (Lipinski definition) is 2. The molecule has 0 unspecified atom stereocenters. The quantitative estimate of drug-likeness (QED) is 0.802. The molecule has 0 spiro atoms. The fraction of sp³-hybridized carbons (Fsp3) is 0.133. The van der Waals surface area contributed by atoms with Crippen molar-refractivity contribution in [2.75, 3.05) is 11.1 Å². The van der Waals surface area contributed by atoms with Crippen molar-refractivity contribution in [1.82, 2.24) is 4.98 Å². The maximum Gasteiger partial charge on any atom is 0.337 e. The minimum atomic E-state index is -1.07. The lowest BCUT2D eigenvalue weighted by molar-refractivity contribution is -0.115. The van der Waals surface area contributed by atoms with Crippen molar-refractivity contribution in [3.05, 3.63) is 54.4 Å². The summed E-state index contributed by atoms with van der Waals surface area (Å²) in [4.78, 5) is 27.5. The molecule has 1 amide bonds. The van der Waals surface area contributed by atoms with E-state index in [-0.39, 0.29) is 11.5 Å². The molecule has 0 saturated heterocycles. The van der Waals surface area contributed by atoms with E-state index in [2.05, 4.69) is 10.3 Å². The lowest BCUT2D eigenvalue weighted by Crippen LogP contribution is -2.13. The molecule has 6 heteroatoms. The largest absolute Gasteiger partial charge is 0.478 e. The Morgan fingerprint density at radius 3 is 2.67 bits per heavy atom. The predicted molar refractivity (Wildman–Crippen MR) is 81.6 cm³/mol. The van der Waals surface area contributed by atoms with E-state index >= 15 is 0 Å². The number of rotatable bonds is 6. The summed E-state index contributed by atoms with van der Waals surface area (Å²) in [6.45, 7) is 0. The number of nitrogens with one attached hydrogen (secondary N) is 1. The summed E-state index contributed by atoms with van der Waals surface area (Å²) in [6, 6.07) is 11.2. The molecule has 1 aromatic carbocycles. The van der Waals surface area contributed by atoms with E-state index in [9.17, 15) is 9.59 Å². The SMILES string of the molecule is O=C(CCSc1ccccc1)Nc1cncc(C(=O)O)c1. The molecule has 0 radical (unpaired) electrons. The van der Waals surface area contributed by atoms with Gasteiger partial charge < -0.3 is 10.4 Å². The molecular formula is C15H14N2O3S. The predicted octanol–water partition coefficient (Wildman–Crippen LogP) is 2.90. The second-order valence-electron chi connectivity index (χ2n) is 4.23. The summed E-state index contributed by atoms with van der Waals surface area (Å²) in [7, 11) is 0. The average molecular weight is 302 g/mol. The van der Waals surface area contributed by atoms with Crippen LogP contribution in [0.15, 0.2) is 53.7 Å². The van der Waals surface area contributed by atoms with Crippen LogP contribution in [0.1, 0.15) is 16.8 Å². The molecule has 0 atom stereocenters. The van der Waals surface area contributed by atoms with Crippen LogP contribution in [0, 0.1) is 0 Å². The molecular weight excluding hydrogens is 288 g/mol. The van der Waals surface area contributed by atoms with Crippen LogP contribution in [0.3, 0.4) is 0 Å². The number of aromatic carboxylic acids is 1. The Kier molecular flexibility index (Phi) is 5.34. The van der Waals surface area contributed by atoms with Gasteiger partial charge in [0.15, 0.2) is 0 Å². The van der Waals surface area contributed by atoms with Crippen LogP contribution < -0.4 is 5.32 Å². The molecule has 108 valence electrons. The Labute approximate surface area is 126 Å².